The number of urea groups is 1. The lowest BCUT2D eigenvalue weighted by Crippen LogP contribution is -2.31. The lowest BCUT2D eigenvalue weighted by molar-refractivity contribution is 0.249. The molecule has 0 aromatic heterocycles. The number of anilines is 1. The van der Waals surface area contributed by atoms with Crippen molar-refractivity contribution in [2.24, 2.45) is 5.14 Å². The Labute approximate surface area is 153 Å². The molecule has 0 heterocycles. The molecule has 3 rings (SSSR count). The number of benzene rings is 2. The van der Waals surface area contributed by atoms with E-state index >= 15 is 0 Å². The first-order chi connectivity index (χ1) is 12.3. The van der Waals surface area contributed by atoms with Crippen LogP contribution in [0.1, 0.15) is 42.5 Å². The van der Waals surface area contributed by atoms with Gasteiger partial charge in [0.2, 0.25) is 10.0 Å². The van der Waals surface area contributed by atoms with Crippen LogP contribution in [0, 0.1) is 0 Å². The Hall–Kier alpha value is -2.38. The van der Waals surface area contributed by atoms with Crippen LogP contribution in [0.5, 0.6) is 0 Å². The first-order valence-corrected chi connectivity index (χ1v) is 10.2. The van der Waals surface area contributed by atoms with Gasteiger partial charge in [0.25, 0.3) is 0 Å². The molecule has 1 atom stereocenters. The highest BCUT2D eigenvalue weighted by molar-refractivity contribution is 7.89. The van der Waals surface area contributed by atoms with Gasteiger partial charge in [0, 0.05) is 5.69 Å². The maximum atomic E-state index is 12.2. The third-order valence-electron chi connectivity index (χ3n) is 4.66. The molecular weight excluding hydrogens is 350 g/mol. The van der Waals surface area contributed by atoms with Crippen molar-refractivity contribution < 1.29 is 13.2 Å². The van der Waals surface area contributed by atoms with Crippen LogP contribution >= 0.6 is 0 Å². The summed E-state index contributed by atoms with van der Waals surface area (Å²) in [4.78, 5) is 12.2. The predicted octanol–water partition coefficient (Wildman–Crippen LogP) is 3.10. The molecule has 0 saturated carbocycles. The minimum absolute atomic E-state index is 0.00545. The highest BCUT2D eigenvalue weighted by Gasteiger charge is 2.14. The normalized spacial score (nSPS) is 15.0. The third-order valence-corrected chi connectivity index (χ3v) is 5.59. The van der Waals surface area contributed by atoms with Gasteiger partial charge < -0.3 is 10.6 Å². The second-order valence-electron chi connectivity index (χ2n) is 6.62. The number of carbonyl (C=O) groups excluding carboxylic acids is 1. The van der Waals surface area contributed by atoms with Crippen molar-refractivity contribution in [1.29, 1.82) is 0 Å². The van der Waals surface area contributed by atoms with Crippen LogP contribution in [-0.2, 0) is 22.9 Å². The van der Waals surface area contributed by atoms with E-state index in [1.165, 1.54) is 48.2 Å². The van der Waals surface area contributed by atoms with Crippen LogP contribution in [-0.4, -0.2) is 14.4 Å². The van der Waals surface area contributed by atoms with Gasteiger partial charge in [-0.05, 0) is 73.6 Å². The molecule has 6 nitrogen and oxygen atoms in total. The zero-order valence-electron chi connectivity index (χ0n) is 14.7. The van der Waals surface area contributed by atoms with Gasteiger partial charge in [-0.2, -0.15) is 0 Å². The maximum Gasteiger partial charge on any atom is 0.319 e. The van der Waals surface area contributed by atoms with E-state index < -0.39 is 10.0 Å². The molecular formula is C19H23N3O3S. The number of rotatable bonds is 4. The SMILES string of the molecule is C[C@@H](NC(=O)Nc1ccc(S(N)(=O)=O)cc1)c1ccc2c(c1)CCCC2. The van der Waals surface area contributed by atoms with Gasteiger partial charge in [-0.25, -0.2) is 18.4 Å². The van der Waals surface area contributed by atoms with Gasteiger partial charge in [0.15, 0.2) is 0 Å². The quantitative estimate of drug-likeness (QED) is 0.767. The Morgan fingerprint density at radius 1 is 1.04 bits per heavy atom. The Morgan fingerprint density at radius 3 is 2.35 bits per heavy atom. The Balaban J connectivity index is 1.62. The summed E-state index contributed by atoms with van der Waals surface area (Å²) in [7, 11) is -3.74. The minimum atomic E-state index is -3.74. The molecule has 4 N–H and O–H groups in total. The number of amides is 2. The first kappa shape index (κ1) is 18.4. The predicted molar refractivity (Wildman–Crippen MR) is 101 cm³/mol. The molecule has 138 valence electrons. The van der Waals surface area contributed by atoms with Crippen molar-refractivity contribution in [3.05, 3.63) is 59.2 Å². The molecule has 0 aliphatic heterocycles. The molecule has 1 aliphatic rings. The standard InChI is InChI=1S/C19H23N3O3S/c1-13(15-7-6-14-4-2-3-5-16(14)12-15)21-19(23)22-17-8-10-18(11-9-17)26(20,24)25/h6-13H,2-5H2,1H3,(H2,20,24,25)(H2,21,22,23)/t13-/m1/s1. The highest BCUT2D eigenvalue weighted by atomic mass is 32.2. The van der Waals surface area contributed by atoms with Crippen LogP contribution in [0.25, 0.3) is 0 Å². The fourth-order valence-corrected chi connectivity index (χ4v) is 3.71. The Morgan fingerprint density at radius 2 is 1.69 bits per heavy atom. The van der Waals surface area contributed by atoms with E-state index in [0.29, 0.717) is 5.69 Å². The molecule has 7 heteroatoms. The highest BCUT2D eigenvalue weighted by Crippen LogP contribution is 2.24. The van der Waals surface area contributed by atoms with Gasteiger partial charge in [-0.3, -0.25) is 0 Å². The van der Waals surface area contributed by atoms with E-state index in [2.05, 4.69) is 28.8 Å². The van der Waals surface area contributed by atoms with Crippen molar-refractivity contribution in [2.45, 2.75) is 43.5 Å². The summed E-state index contributed by atoms with van der Waals surface area (Å²) in [5.41, 5.74) is 4.35. The number of fused-ring (bicyclic) bond motifs is 1. The summed E-state index contributed by atoms with van der Waals surface area (Å²) in [5, 5.41) is 10.7. The van der Waals surface area contributed by atoms with E-state index in [0.717, 1.165) is 18.4 Å². The van der Waals surface area contributed by atoms with Crippen molar-refractivity contribution in [3.63, 3.8) is 0 Å². The van der Waals surface area contributed by atoms with Gasteiger partial charge >= 0.3 is 6.03 Å². The average molecular weight is 373 g/mol. The molecule has 2 aromatic carbocycles. The topological polar surface area (TPSA) is 101 Å². The van der Waals surface area contributed by atoms with Crippen LogP contribution < -0.4 is 15.8 Å². The average Bonchev–Trinajstić information content (AvgIpc) is 2.61. The van der Waals surface area contributed by atoms with Gasteiger partial charge in [-0.1, -0.05) is 18.2 Å². The largest absolute Gasteiger partial charge is 0.331 e. The summed E-state index contributed by atoms with van der Waals surface area (Å²) >= 11 is 0. The number of hydrogen-bond donors (Lipinski definition) is 3. The van der Waals surface area contributed by atoms with Crippen molar-refractivity contribution in [3.8, 4) is 0 Å². The van der Waals surface area contributed by atoms with Crippen molar-refractivity contribution in [2.75, 3.05) is 5.32 Å². The van der Waals surface area contributed by atoms with Crippen LogP contribution in [0.2, 0.25) is 0 Å². The monoisotopic (exact) mass is 373 g/mol. The number of carbonyl (C=O) groups is 1. The molecule has 0 fully saturated rings. The summed E-state index contributed by atoms with van der Waals surface area (Å²) < 4.78 is 22.5. The zero-order valence-corrected chi connectivity index (χ0v) is 15.5. The van der Waals surface area contributed by atoms with Crippen molar-refractivity contribution in [1.82, 2.24) is 5.32 Å². The molecule has 0 spiro atoms. The molecule has 0 saturated heterocycles. The zero-order chi connectivity index (χ0) is 18.7. The van der Waals surface area contributed by atoms with E-state index in [-0.39, 0.29) is 17.0 Å². The fraction of sp³-hybridized carbons (Fsp3) is 0.316. The van der Waals surface area contributed by atoms with Crippen LogP contribution in [0.4, 0.5) is 10.5 Å². The maximum absolute atomic E-state index is 12.2. The molecule has 0 unspecified atom stereocenters. The van der Waals surface area contributed by atoms with Crippen LogP contribution in [0.15, 0.2) is 47.4 Å². The molecule has 0 bridgehead atoms. The third kappa shape index (κ3) is 4.42. The van der Waals surface area contributed by atoms with E-state index in [1.807, 2.05) is 6.92 Å². The molecule has 2 amide bonds. The van der Waals surface area contributed by atoms with E-state index in [9.17, 15) is 13.2 Å². The van der Waals surface area contributed by atoms with Gasteiger partial charge in [-0.15, -0.1) is 0 Å². The number of sulfonamides is 1. The summed E-state index contributed by atoms with van der Waals surface area (Å²) in [6, 6.07) is 11.6. The second kappa shape index (κ2) is 7.47. The smallest absolute Gasteiger partial charge is 0.319 e. The Kier molecular flexibility index (Phi) is 5.29. The number of hydrogen-bond acceptors (Lipinski definition) is 3. The molecule has 26 heavy (non-hydrogen) atoms. The number of nitrogens with one attached hydrogen (secondary N) is 2. The van der Waals surface area contributed by atoms with E-state index in [1.54, 1.807) is 0 Å². The van der Waals surface area contributed by atoms with Gasteiger partial charge in [0.1, 0.15) is 0 Å². The number of nitrogens with two attached hydrogens (primary N) is 1. The summed E-state index contributed by atoms with van der Waals surface area (Å²) in [6.45, 7) is 1.94. The second-order valence-corrected chi connectivity index (χ2v) is 8.19. The van der Waals surface area contributed by atoms with Crippen LogP contribution in [0.3, 0.4) is 0 Å². The number of aryl methyl sites for hydroxylation is 2. The van der Waals surface area contributed by atoms with E-state index in [4.69, 9.17) is 5.14 Å². The first-order valence-electron chi connectivity index (χ1n) is 8.65. The summed E-state index contributed by atoms with van der Waals surface area (Å²) in [5.74, 6) is 0. The summed E-state index contributed by atoms with van der Waals surface area (Å²) in [6.07, 6.45) is 4.69. The fourth-order valence-electron chi connectivity index (χ4n) is 3.20. The lowest BCUT2D eigenvalue weighted by atomic mass is 9.89. The minimum Gasteiger partial charge on any atom is -0.331 e. The number of primary sulfonamides is 1. The molecule has 2 aromatic rings. The van der Waals surface area contributed by atoms with Gasteiger partial charge in [0.05, 0.1) is 10.9 Å². The molecule has 0 radical (unpaired) electrons. The molecule has 1 aliphatic carbocycles. The van der Waals surface area contributed by atoms with Crippen molar-refractivity contribution >= 4 is 21.7 Å². The Bertz CT molecular complexity index is 908. The lowest BCUT2D eigenvalue weighted by Gasteiger charge is -2.20.